The quantitative estimate of drug-likeness (QED) is 0.790. The highest BCUT2D eigenvalue weighted by Gasteiger charge is 2.06. The molecule has 2 aromatic rings. The van der Waals surface area contributed by atoms with E-state index in [-0.39, 0.29) is 11.6 Å². The van der Waals surface area contributed by atoms with Crippen molar-refractivity contribution < 1.29 is 13.9 Å². The molecule has 0 radical (unpaired) electrons. The number of rotatable bonds is 4. The minimum absolute atomic E-state index is 0.0763. The summed E-state index contributed by atoms with van der Waals surface area (Å²) in [5, 5.41) is 0.0763. The molecule has 0 heterocycles. The molecule has 0 aromatic heterocycles. The Balaban J connectivity index is 2.13. The first-order chi connectivity index (χ1) is 9.10. The van der Waals surface area contributed by atoms with Gasteiger partial charge in [0.25, 0.3) is 0 Å². The van der Waals surface area contributed by atoms with Crippen molar-refractivity contribution in [2.75, 3.05) is 7.11 Å². The highest BCUT2D eigenvalue weighted by atomic mass is 79.9. The van der Waals surface area contributed by atoms with E-state index in [4.69, 9.17) is 21.1 Å². The van der Waals surface area contributed by atoms with Crippen LogP contribution in [-0.4, -0.2) is 7.11 Å². The highest BCUT2D eigenvalue weighted by Crippen LogP contribution is 2.26. The summed E-state index contributed by atoms with van der Waals surface area (Å²) >= 11 is 8.99. The lowest BCUT2D eigenvalue weighted by atomic mass is 10.2. The molecule has 0 spiro atoms. The number of ether oxygens (including phenoxy) is 2. The van der Waals surface area contributed by atoms with Gasteiger partial charge in [0.15, 0.2) is 0 Å². The van der Waals surface area contributed by atoms with Crippen molar-refractivity contribution in [2.45, 2.75) is 6.61 Å². The summed E-state index contributed by atoms with van der Waals surface area (Å²) < 4.78 is 25.0. The lowest BCUT2D eigenvalue weighted by Gasteiger charge is -2.11. The SMILES string of the molecule is COc1ccc(Br)cc1COc1ccc(Cl)c(F)c1. The smallest absolute Gasteiger partial charge is 0.145 e. The van der Waals surface area contributed by atoms with Gasteiger partial charge in [-0.15, -0.1) is 0 Å². The van der Waals surface area contributed by atoms with Gasteiger partial charge in [0, 0.05) is 16.1 Å². The molecular weight excluding hydrogens is 335 g/mol. The molecule has 0 unspecified atom stereocenters. The van der Waals surface area contributed by atoms with E-state index in [1.54, 1.807) is 13.2 Å². The Labute approximate surface area is 124 Å². The van der Waals surface area contributed by atoms with Gasteiger partial charge in [-0.2, -0.15) is 0 Å². The number of hydrogen-bond donors (Lipinski definition) is 0. The van der Waals surface area contributed by atoms with Gasteiger partial charge < -0.3 is 9.47 Å². The number of hydrogen-bond acceptors (Lipinski definition) is 2. The molecule has 2 nitrogen and oxygen atoms in total. The van der Waals surface area contributed by atoms with E-state index in [2.05, 4.69) is 15.9 Å². The molecule has 0 saturated carbocycles. The van der Waals surface area contributed by atoms with Crippen LogP contribution in [0.25, 0.3) is 0 Å². The predicted molar refractivity (Wildman–Crippen MR) is 76.4 cm³/mol. The molecule has 0 aliphatic heterocycles. The summed E-state index contributed by atoms with van der Waals surface area (Å²) in [7, 11) is 1.59. The summed E-state index contributed by atoms with van der Waals surface area (Å²) in [6, 6.07) is 9.95. The molecule has 0 bridgehead atoms. The Morgan fingerprint density at radius 1 is 1.21 bits per heavy atom. The van der Waals surface area contributed by atoms with Crippen LogP contribution in [0.5, 0.6) is 11.5 Å². The Bertz CT molecular complexity index is 590. The van der Waals surface area contributed by atoms with Crippen LogP contribution in [-0.2, 0) is 6.61 Å². The summed E-state index contributed by atoms with van der Waals surface area (Å²) in [6.07, 6.45) is 0. The van der Waals surface area contributed by atoms with Crippen LogP contribution in [0.1, 0.15) is 5.56 Å². The largest absolute Gasteiger partial charge is 0.496 e. The Kier molecular flexibility index (Phi) is 4.66. The van der Waals surface area contributed by atoms with Crippen LogP contribution in [0.15, 0.2) is 40.9 Å². The Morgan fingerprint density at radius 2 is 2.00 bits per heavy atom. The van der Waals surface area contributed by atoms with Gasteiger partial charge in [-0.3, -0.25) is 0 Å². The third-order valence-corrected chi connectivity index (χ3v) is 3.33. The number of halogens is 3. The van der Waals surface area contributed by atoms with Crippen molar-refractivity contribution in [3.05, 3.63) is 57.3 Å². The summed E-state index contributed by atoms with van der Waals surface area (Å²) in [6.45, 7) is 0.281. The number of methoxy groups -OCH3 is 1. The van der Waals surface area contributed by atoms with Gasteiger partial charge >= 0.3 is 0 Å². The van der Waals surface area contributed by atoms with E-state index in [1.165, 1.54) is 12.1 Å². The zero-order valence-electron chi connectivity index (χ0n) is 10.1. The van der Waals surface area contributed by atoms with Crippen LogP contribution in [0, 0.1) is 5.82 Å². The average Bonchev–Trinajstić information content (AvgIpc) is 2.40. The predicted octanol–water partition coefficient (Wildman–Crippen LogP) is 4.83. The van der Waals surface area contributed by atoms with Crippen LogP contribution in [0.4, 0.5) is 4.39 Å². The third kappa shape index (κ3) is 3.61. The van der Waals surface area contributed by atoms with Crippen molar-refractivity contribution in [1.29, 1.82) is 0 Å². The third-order valence-electron chi connectivity index (χ3n) is 2.53. The minimum Gasteiger partial charge on any atom is -0.496 e. The van der Waals surface area contributed by atoms with Gasteiger partial charge in [-0.05, 0) is 30.3 Å². The minimum atomic E-state index is -0.500. The van der Waals surface area contributed by atoms with E-state index >= 15 is 0 Å². The van der Waals surface area contributed by atoms with Crippen LogP contribution >= 0.6 is 27.5 Å². The first-order valence-electron chi connectivity index (χ1n) is 5.50. The van der Waals surface area contributed by atoms with Crippen LogP contribution < -0.4 is 9.47 Å². The Morgan fingerprint density at radius 3 is 2.68 bits per heavy atom. The monoisotopic (exact) mass is 344 g/mol. The van der Waals surface area contributed by atoms with Gasteiger partial charge in [0.2, 0.25) is 0 Å². The first kappa shape index (κ1) is 14.2. The van der Waals surface area contributed by atoms with Crippen molar-refractivity contribution in [1.82, 2.24) is 0 Å². The summed E-state index contributed by atoms with van der Waals surface area (Å²) in [4.78, 5) is 0. The van der Waals surface area contributed by atoms with E-state index < -0.39 is 5.82 Å². The second-order valence-electron chi connectivity index (χ2n) is 3.82. The fourth-order valence-electron chi connectivity index (χ4n) is 1.59. The fraction of sp³-hybridized carbons (Fsp3) is 0.143. The highest BCUT2D eigenvalue weighted by molar-refractivity contribution is 9.10. The standard InChI is InChI=1S/C14H11BrClFO2/c1-18-14-5-2-10(15)6-9(14)8-19-11-3-4-12(16)13(17)7-11/h2-7H,8H2,1H3. The molecule has 0 N–H and O–H groups in total. The second-order valence-corrected chi connectivity index (χ2v) is 5.14. The molecule has 0 aliphatic rings. The number of benzene rings is 2. The lowest BCUT2D eigenvalue weighted by Crippen LogP contribution is -1.99. The van der Waals surface area contributed by atoms with Crippen molar-refractivity contribution in [3.8, 4) is 11.5 Å². The van der Waals surface area contributed by atoms with Crippen LogP contribution in [0.3, 0.4) is 0 Å². The zero-order valence-corrected chi connectivity index (χ0v) is 12.5. The normalized spacial score (nSPS) is 10.3. The maximum Gasteiger partial charge on any atom is 0.145 e. The van der Waals surface area contributed by atoms with Gasteiger partial charge in [-0.25, -0.2) is 4.39 Å². The molecule has 0 amide bonds. The molecule has 2 rings (SSSR count). The molecule has 5 heteroatoms. The molecule has 19 heavy (non-hydrogen) atoms. The Hall–Kier alpha value is -1.26. The van der Waals surface area contributed by atoms with Gasteiger partial charge in [0.1, 0.15) is 23.9 Å². The van der Waals surface area contributed by atoms with Crippen molar-refractivity contribution in [2.24, 2.45) is 0 Å². The zero-order chi connectivity index (χ0) is 13.8. The maximum absolute atomic E-state index is 13.3. The molecule has 0 fully saturated rings. The van der Waals surface area contributed by atoms with Gasteiger partial charge in [0.05, 0.1) is 12.1 Å². The van der Waals surface area contributed by atoms with Crippen molar-refractivity contribution in [3.63, 3.8) is 0 Å². The summed E-state index contributed by atoms with van der Waals surface area (Å²) in [5.41, 5.74) is 0.868. The molecule has 0 saturated heterocycles. The van der Waals surface area contributed by atoms with E-state index in [1.807, 2.05) is 18.2 Å². The molecule has 100 valence electrons. The molecular formula is C14H11BrClFO2. The first-order valence-corrected chi connectivity index (χ1v) is 6.67. The van der Waals surface area contributed by atoms with E-state index in [0.717, 1.165) is 15.8 Å². The van der Waals surface area contributed by atoms with Crippen LogP contribution in [0.2, 0.25) is 5.02 Å². The average molecular weight is 346 g/mol. The van der Waals surface area contributed by atoms with E-state index in [9.17, 15) is 4.39 Å². The molecule has 2 aromatic carbocycles. The second kappa shape index (κ2) is 6.26. The molecule has 0 aliphatic carbocycles. The van der Waals surface area contributed by atoms with Gasteiger partial charge in [-0.1, -0.05) is 27.5 Å². The topological polar surface area (TPSA) is 18.5 Å². The van der Waals surface area contributed by atoms with Crippen molar-refractivity contribution >= 4 is 27.5 Å². The molecule has 0 atom stereocenters. The maximum atomic E-state index is 13.3. The fourth-order valence-corrected chi connectivity index (χ4v) is 2.11. The summed E-state index contributed by atoms with van der Waals surface area (Å²) in [5.74, 6) is 0.641. The van der Waals surface area contributed by atoms with E-state index in [0.29, 0.717) is 5.75 Å². The lowest BCUT2D eigenvalue weighted by molar-refractivity contribution is 0.295.